The van der Waals surface area contributed by atoms with Crippen molar-refractivity contribution < 1.29 is 38.9 Å². The zero-order valence-corrected chi connectivity index (χ0v) is 10.1. The van der Waals surface area contributed by atoms with Gasteiger partial charge >= 0.3 is 11.9 Å². The predicted octanol–water partition coefficient (Wildman–Crippen LogP) is 0.0704. The molecule has 0 aromatic carbocycles. The molecule has 0 radical (unpaired) electrons. The van der Waals surface area contributed by atoms with E-state index in [4.69, 9.17) is 10.2 Å². The minimum absolute atomic E-state index is 0.431. The van der Waals surface area contributed by atoms with Crippen molar-refractivity contribution in [2.24, 2.45) is 0 Å². The molecule has 0 bridgehead atoms. The molecule has 0 saturated heterocycles. The van der Waals surface area contributed by atoms with Crippen molar-refractivity contribution in [3.8, 4) is 0 Å². The van der Waals surface area contributed by atoms with Gasteiger partial charge in [0.1, 0.15) is 0 Å². The number of hydrogen-bond donors (Lipinski definition) is 2. The lowest BCUT2D eigenvalue weighted by Crippen LogP contribution is -1.91. The van der Waals surface area contributed by atoms with E-state index < -0.39 is 11.9 Å². The fourth-order valence-electron chi connectivity index (χ4n) is 0.279. The van der Waals surface area contributed by atoms with Crippen LogP contribution in [0.15, 0.2) is 12.2 Å². The van der Waals surface area contributed by atoms with Crippen LogP contribution in [0, 0.1) is 0 Å². The highest BCUT2D eigenvalue weighted by Crippen LogP contribution is 1.70. The van der Waals surface area contributed by atoms with Crippen molar-refractivity contribution >= 4 is 24.9 Å². The minimum atomic E-state index is -1.26. The summed E-state index contributed by atoms with van der Waals surface area (Å²) in [5, 5.41) is 15.6. The van der Waals surface area contributed by atoms with Crippen LogP contribution in [0.2, 0.25) is 0 Å². The molecular weight excluding hydrogens is 248 g/mol. The van der Waals surface area contributed by atoms with Crippen LogP contribution in [0.1, 0.15) is 13.8 Å². The molecule has 0 fully saturated rings. The third-order valence-corrected chi connectivity index (χ3v) is 0.838. The Labute approximate surface area is 104 Å². The van der Waals surface area contributed by atoms with E-state index in [0.717, 1.165) is 0 Å². The van der Waals surface area contributed by atoms with E-state index in [2.05, 4.69) is 9.47 Å². The second kappa shape index (κ2) is 20.1. The fourth-order valence-corrected chi connectivity index (χ4v) is 0.279. The van der Waals surface area contributed by atoms with Crippen molar-refractivity contribution in [3.05, 3.63) is 12.2 Å². The Kier molecular flexibility index (Phi) is 23.4. The van der Waals surface area contributed by atoms with Crippen LogP contribution in [0.25, 0.3) is 0 Å². The van der Waals surface area contributed by atoms with Gasteiger partial charge in [-0.05, 0) is 13.8 Å². The summed E-state index contributed by atoms with van der Waals surface area (Å²) in [5.74, 6) is -2.51. The smallest absolute Gasteiger partial charge is 0.328 e. The number of rotatable bonds is 6. The van der Waals surface area contributed by atoms with E-state index in [9.17, 15) is 19.2 Å². The molecular formula is C10H16O8. The van der Waals surface area contributed by atoms with E-state index in [1.54, 1.807) is 13.8 Å². The molecule has 0 aromatic heterocycles. The maximum atomic E-state index is 9.55. The van der Waals surface area contributed by atoms with Crippen LogP contribution < -0.4 is 0 Å². The third kappa shape index (κ3) is 49.5. The molecule has 104 valence electrons. The summed E-state index contributed by atoms with van der Waals surface area (Å²) in [6, 6.07) is 0. The molecule has 0 aromatic rings. The van der Waals surface area contributed by atoms with Gasteiger partial charge in [-0.15, -0.1) is 0 Å². The average molecular weight is 264 g/mol. The van der Waals surface area contributed by atoms with Gasteiger partial charge in [-0.25, -0.2) is 9.59 Å². The lowest BCUT2D eigenvalue weighted by atomic mass is 10.5. The van der Waals surface area contributed by atoms with Gasteiger partial charge in [0, 0.05) is 12.2 Å². The van der Waals surface area contributed by atoms with Crippen LogP contribution in [0.5, 0.6) is 0 Å². The molecule has 8 heteroatoms. The maximum Gasteiger partial charge on any atom is 0.328 e. The first-order chi connectivity index (χ1) is 8.45. The third-order valence-electron chi connectivity index (χ3n) is 0.838. The molecule has 0 aliphatic heterocycles. The van der Waals surface area contributed by atoms with E-state index in [1.807, 2.05) is 0 Å². The Hall–Kier alpha value is -2.38. The molecule has 0 spiro atoms. The molecule has 0 unspecified atom stereocenters. The monoisotopic (exact) mass is 264 g/mol. The SMILES string of the molecule is CCOC=O.CCOC=O.O=C(O)/C=C/C(=O)O. The molecule has 0 rings (SSSR count). The topological polar surface area (TPSA) is 127 Å². The number of ether oxygens (including phenoxy) is 2. The Balaban J connectivity index is -0.000000197. The number of hydrogen-bond acceptors (Lipinski definition) is 6. The number of carboxylic acids is 2. The lowest BCUT2D eigenvalue weighted by molar-refractivity contribution is -0.134. The minimum Gasteiger partial charge on any atom is -0.478 e. The normalized spacial score (nSPS) is 7.89. The molecule has 18 heavy (non-hydrogen) atoms. The summed E-state index contributed by atoms with van der Waals surface area (Å²) in [6.07, 6.45) is 1.12. The van der Waals surface area contributed by atoms with E-state index in [0.29, 0.717) is 38.3 Å². The van der Waals surface area contributed by atoms with Crippen LogP contribution in [-0.4, -0.2) is 48.3 Å². The number of carbonyl (C=O) groups is 4. The van der Waals surface area contributed by atoms with Gasteiger partial charge in [-0.2, -0.15) is 0 Å². The molecule has 0 amide bonds. The van der Waals surface area contributed by atoms with Crippen LogP contribution in [0.4, 0.5) is 0 Å². The molecule has 0 atom stereocenters. The summed E-state index contributed by atoms with van der Waals surface area (Å²) < 4.78 is 8.31. The second-order valence-corrected chi connectivity index (χ2v) is 2.11. The Morgan fingerprint density at radius 3 is 1.22 bits per heavy atom. The van der Waals surface area contributed by atoms with E-state index in [1.165, 1.54) is 0 Å². The Morgan fingerprint density at radius 2 is 1.17 bits per heavy atom. The summed E-state index contributed by atoms with van der Waals surface area (Å²) in [5.41, 5.74) is 0. The predicted molar refractivity (Wildman–Crippen MR) is 59.8 cm³/mol. The number of carboxylic acid groups (broad SMARTS) is 2. The van der Waals surface area contributed by atoms with Crippen molar-refractivity contribution in [3.63, 3.8) is 0 Å². The van der Waals surface area contributed by atoms with Gasteiger partial charge in [-0.1, -0.05) is 0 Å². The standard InChI is InChI=1S/C4H4O4.2C3H6O2/c5-3(6)1-2-4(7)8;2*1-2-5-3-4/h1-2H,(H,5,6)(H,7,8);2*3H,2H2,1H3/b2-1+;;. The van der Waals surface area contributed by atoms with Crippen molar-refractivity contribution in [1.82, 2.24) is 0 Å². The van der Waals surface area contributed by atoms with Crippen LogP contribution >= 0.6 is 0 Å². The van der Waals surface area contributed by atoms with Gasteiger partial charge in [0.15, 0.2) is 0 Å². The van der Waals surface area contributed by atoms with Crippen molar-refractivity contribution in [1.29, 1.82) is 0 Å². The van der Waals surface area contributed by atoms with E-state index in [-0.39, 0.29) is 0 Å². The van der Waals surface area contributed by atoms with Crippen molar-refractivity contribution in [2.45, 2.75) is 13.8 Å². The molecule has 8 nitrogen and oxygen atoms in total. The van der Waals surface area contributed by atoms with Gasteiger partial charge < -0.3 is 19.7 Å². The van der Waals surface area contributed by atoms with Gasteiger partial charge in [0.05, 0.1) is 13.2 Å². The molecule has 0 saturated carbocycles. The fraction of sp³-hybridized carbons (Fsp3) is 0.400. The van der Waals surface area contributed by atoms with Crippen molar-refractivity contribution in [2.75, 3.05) is 13.2 Å². The summed E-state index contributed by atoms with van der Waals surface area (Å²) in [7, 11) is 0. The highest BCUT2D eigenvalue weighted by atomic mass is 16.5. The summed E-state index contributed by atoms with van der Waals surface area (Å²) in [6.45, 7) is 5.33. The van der Waals surface area contributed by atoms with Crippen LogP contribution in [0.3, 0.4) is 0 Å². The average Bonchev–Trinajstić information content (AvgIpc) is 2.30. The maximum absolute atomic E-state index is 9.55. The summed E-state index contributed by atoms with van der Waals surface area (Å²) in [4.78, 5) is 37.5. The lowest BCUT2D eigenvalue weighted by Gasteiger charge is -1.79. The molecule has 0 heterocycles. The zero-order valence-electron chi connectivity index (χ0n) is 10.1. The molecule has 2 N–H and O–H groups in total. The van der Waals surface area contributed by atoms with Gasteiger partial charge in [0.25, 0.3) is 12.9 Å². The Morgan fingerprint density at radius 1 is 0.889 bits per heavy atom. The number of aliphatic carboxylic acids is 2. The summed E-state index contributed by atoms with van der Waals surface area (Å²) >= 11 is 0. The van der Waals surface area contributed by atoms with E-state index >= 15 is 0 Å². The van der Waals surface area contributed by atoms with Crippen LogP contribution in [-0.2, 0) is 28.7 Å². The second-order valence-electron chi connectivity index (χ2n) is 2.11. The van der Waals surface area contributed by atoms with Gasteiger partial charge in [-0.3, -0.25) is 9.59 Å². The first-order valence-electron chi connectivity index (χ1n) is 4.70. The first kappa shape index (κ1) is 21.0. The Bertz CT molecular complexity index is 233. The highest BCUT2D eigenvalue weighted by molar-refractivity contribution is 5.89. The molecule has 0 aliphatic carbocycles. The first-order valence-corrected chi connectivity index (χ1v) is 4.70. The van der Waals surface area contributed by atoms with Gasteiger partial charge in [0.2, 0.25) is 0 Å². The number of carbonyl (C=O) groups excluding carboxylic acids is 2. The largest absolute Gasteiger partial charge is 0.478 e. The quantitative estimate of drug-likeness (QED) is 0.509. The molecule has 0 aliphatic rings. The highest BCUT2D eigenvalue weighted by Gasteiger charge is 1.88. The zero-order chi connectivity index (χ0) is 14.8.